The lowest BCUT2D eigenvalue weighted by atomic mass is 10.1. The normalized spacial score (nSPS) is 10.7. The Balaban J connectivity index is 2.29. The first-order chi connectivity index (χ1) is 8.63. The van der Waals surface area contributed by atoms with Gasteiger partial charge in [-0.05, 0) is 30.9 Å². The summed E-state index contributed by atoms with van der Waals surface area (Å²) in [5, 5.41) is 0. The van der Waals surface area contributed by atoms with E-state index in [-0.39, 0.29) is 5.91 Å². The van der Waals surface area contributed by atoms with Gasteiger partial charge >= 0.3 is 0 Å². The first kappa shape index (κ1) is 14.6. The summed E-state index contributed by atoms with van der Waals surface area (Å²) in [6, 6.07) is 3.45. The first-order valence-corrected chi connectivity index (χ1v) is 6.17. The molecule has 1 amide bonds. The van der Waals surface area contributed by atoms with E-state index in [0.29, 0.717) is 18.1 Å². The molecule has 1 aromatic heterocycles. The number of rotatable bonds is 7. The smallest absolute Gasteiger partial charge is 0.266 e. The Morgan fingerprint density at radius 1 is 1.50 bits per heavy atom. The van der Waals surface area contributed by atoms with Gasteiger partial charge in [0.15, 0.2) is 0 Å². The third-order valence-corrected chi connectivity index (χ3v) is 2.54. The van der Waals surface area contributed by atoms with Gasteiger partial charge in [0.25, 0.3) is 5.91 Å². The summed E-state index contributed by atoms with van der Waals surface area (Å²) in [6.07, 6.45) is 3.73. The van der Waals surface area contributed by atoms with Crippen molar-refractivity contribution in [1.29, 1.82) is 0 Å². The zero-order valence-corrected chi connectivity index (χ0v) is 11.0. The van der Waals surface area contributed by atoms with Gasteiger partial charge in [-0.25, -0.2) is 5.84 Å². The molecule has 1 rings (SSSR count). The number of ether oxygens (including phenoxy) is 1. The average Bonchev–Trinajstić information content (AvgIpc) is 2.38. The van der Waals surface area contributed by atoms with Crippen molar-refractivity contribution in [1.82, 2.24) is 10.4 Å². The van der Waals surface area contributed by atoms with Crippen molar-refractivity contribution in [3.8, 4) is 0 Å². The lowest BCUT2D eigenvalue weighted by Gasteiger charge is -2.06. The molecular formula is C13H21N3O2. The molecule has 1 aromatic rings. The van der Waals surface area contributed by atoms with Gasteiger partial charge in [0.2, 0.25) is 0 Å². The summed E-state index contributed by atoms with van der Waals surface area (Å²) in [5.74, 6) is 5.40. The maximum absolute atomic E-state index is 11.2. The van der Waals surface area contributed by atoms with Crippen LogP contribution < -0.4 is 11.3 Å². The summed E-state index contributed by atoms with van der Waals surface area (Å²) in [5.41, 5.74) is 3.32. The van der Waals surface area contributed by atoms with Crippen molar-refractivity contribution in [2.75, 3.05) is 6.61 Å². The van der Waals surface area contributed by atoms with E-state index in [9.17, 15) is 4.79 Å². The average molecular weight is 251 g/mol. The highest BCUT2D eigenvalue weighted by Crippen LogP contribution is 2.05. The van der Waals surface area contributed by atoms with Gasteiger partial charge in [-0.1, -0.05) is 13.8 Å². The van der Waals surface area contributed by atoms with Crippen molar-refractivity contribution in [2.24, 2.45) is 11.8 Å². The van der Waals surface area contributed by atoms with Gasteiger partial charge in [0.05, 0.1) is 17.9 Å². The van der Waals surface area contributed by atoms with E-state index in [0.717, 1.165) is 18.7 Å². The SMILES string of the molecule is CC(C)CCCOCc1ccc(C(=O)NN)cn1. The van der Waals surface area contributed by atoms with E-state index in [1.807, 2.05) is 0 Å². The summed E-state index contributed by atoms with van der Waals surface area (Å²) < 4.78 is 5.51. The largest absolute Gasteiger partial charge is 0.375 e. The molecule has 5 heteroatoms. The van der Waals surface area contributed by atoms with Crippen LogP contribution in [0.25, 0.3) is 0 Å². The molecule has 0 aliphatic carbocycles. The van der Waals surface area contributed by atoms with Crippen LogP contribution in [0.5, 0.6) is 0 Å². The standard InChI is InChI=1S/C13H21N3O2/c1-10(2)4-3-7-18-9-12-6-5-11(8-15-12)13(17)16-14/h5-6,8,10H,3-4,7,9,14H2,1-2H3,(H,16,17). The van der Waals surface area contributed by atoms with Crippen molar-refractivity contribution in [3.63, 3.8) is 0 Å². The van der Waals surface area contributed by atoms with Gasteiger partial charge < -0.3 is 4.74 Å². The molecule has 0 saturated heterocycles. The predicted molar refractivity (Wildman–Crippen MR) is 69.6 cm³/mol. The molecule has 0 aromatic carbocycles. The van der Waals surface area contributed by atoms with Crippen molar-refractivity contribution in [3.05, 3.63) is 29.6 Å². The molecule has 0 unspecified atom stereocenters. The Labute approximate surface area is 108 Å². The molecule has 100 valence electrons. The Morgan fingerprint density at radius 2 is 2.28 bits per heavy atom. The van der Waals surface area contributed by atoms with Crippen LogP contribution in [0.15, 0.2) is 18.3 Å². The topological polar surface area (TPSA) is 77.2 Å². The molecule has 0 saturated carbocycles. The fourth-order valence-electron chi connectivity index (χ4n) is 1.50. The molecule has 0 aliphatic heterocycles. The molecule has 5 nitrogen and oxygen atoms in total. The quantitative estimate of drug-likeness (QED) is 0.334. The fourth-order valence-corrected chi connectivity index (χ4v) is 1.50. The van der Waals surface area contributed by atoms with Gasteiger partial charge in [-0.2, -0.15) is 0 Å². The highest BCUT2D eigenvalue weighted by Gasteiger charge is 2.03. The minimum Gasteiger partial charge on any atom is -0.375 e. The Kier molecular flexibility index (Phi) is 6.32. The van der Waals surface area contributed by atoms with E-state index >= 15 is 0 Å². The number of hydrazine groups is 1. The molecule has 0 aliphatic rings. The molecule has 0 fully saturated rings. The number of nitrogens with two attached hydrogens (primary N) is 1. The maximum Gasteiger partial charge on any atom is 0.266 e. The summed E-state index contributed by atoms with van der Waals surface area (Å²) >= 11 is 0. The number of pyridine rings is 1. The molecule has 3 N–H and O–H groups in total. The second-order valence-electron chi connectivity index (χ2n) is 4.60. The zero-order valence-electron chi connectivity index (χ0n) is 11.0. The van der Waals surface area contributed by atoms with Gasteiger partial charge in [0, 0.05) is 12.8 Å². The minimum atomic E-state index is -0.341. The Hall–Kier alpha value is -1.46. The lowest BCUT2D eigenvalue weighted by Crippen LogP contribution is -2.30. The molecule has 0 bridgehead atoms. The Bertz CT molecular complexity index is 363. The lowest BCUT2D eigenvalue weighted by molar-refractivity contribution is 0.0952. The molecule has 0 atom stereocenters. The third-order valence-electron chi connectivity index (χ3n) is 2.54. The van der Waals surface area contributed by atoms with Crippen LogP contribution in [0.2, 0.25) is 0 Å². The van der Waals surface area contributed by atoms with Crippen LogP contribution in [-0.4, -0.2) is 17.5 Å². The van der Waals surface area contributed by atoms with E-state index in [1.165, 1.54) is 12.6 Å². The van der Waals surface area contributed by atoms with E-state index in [4.69, 9.17) is 10.6 Å². The van der Waals surface area contributed by atoms with Crippen LogP contribution in [0.4, 0.5) is 0 Å². The fraction of sp³-hybridized carbons (Fsp3) is 0.538. The van der Waals surface area contributed by atoms with Crippen LogP contribution in [0, 0.1) is 5.92 Å². The maximum atomic E-state index is 11.2. The van der Waals surface area contributed by atoms with Gasteiger partial charge in [0.1, 0.15) is 0 Å². The second-order valence-corrected chi connectivity index (χ2v) is 4.60. The highest BCUT2D eigenvalue weighted by atomic mass is 16.5. The second kappa shape index (κ2) is 7.79. The first-order valence-electron chi connectivity index (χ1n) is 6.17. The van der Waals surface area contributed by atoms with Crippen LogP contribution in [0.1, 0.15) is 42.7 Å². The summed E-state index contributed by atoms with van der Waals surface area (Å²) in [6.45, 7) is 5.61. The number of carbonyl (C=O) groups is 1. The highest BCUT2D eigenvalue weighted by molar-refractivity contribution is 5.93. The number of nitrogens with zero attached hydrogens (tertiary/aromatic N) is 1. The Morgan fingerprint density at radius 3 is 2.83 bits per heavy atom. The van der Waals surface area contributed by atoms with Crippen LogP contribution in [-0.2, 0) is 11.3 Å². The van der Waals surface area contributed by atoms with Crippen molar-refractivity contribution < 1.29 is 9.53 Å². The van der Waals surface area contributed by atoms with Gasteiger partial charge in [-0.15, -0.1) is 0 Å². The molecule has 18 heavy (non-hydrogen) atoms. The number of aromatic nitrogens is 1. The zero-order chi connectivity index (χ0) is 13.4. The third kappa shape index (κ3) is 5.25. The van der Waals surface area contributed by atoms with Crippen LogP contribution in [0.3, 0.4) is 0 Å². The monoisotopic (exact) mass is 251 g/mol. The molecule has 0 spiro atoms. The number of hydrogen-bond acceptors (Lipinski definition) is 4. The van der Waals surface area contributed by atoms with Crippen molar-refractivity contribution in [2.45, 2.75) is 33.3 Å². The number of nitrogens with one attached hydrogen (secondary N) is 1. The van der Waals surface area contributed by atoms with Crippen molar-refractivity contribution >= 4 is 5.91 Å². The van der Waals surface area contributed by atoms with E-state index in [2.05, 4.69) is 24.3 Å². The number of amides is 1. The number of hydrogen-bond donors (Lipinski definition) is 2. The summed E-state index contributed by atoms with van der Waals surface area (Å²) in [4.78, 5) is 15.3. The van der Waals surface area contributed by atoms with Crippen LogP contribution >= 0.6 is 0 Å². The molecular weight excluding hydrogens is 230 g/mol. The minimum absolute atomic E-state index is 0.341. The van der Waals surface area contributed by atoms with E-state index in [1.54, 1.807) is 12.1 Å². The summed E-state index contributed by atoms with van der Waals surface area (Å²) in [7, 11) is 0. The predicted octanol–water partition coefficient (Wildman–Crippen LogP) is 1.64. The number of carbonyl (C=O) groups excluding carboxylic acids is 1. The molecule has 1 heterocycles. The van der Waals surface area contributed by atoms with Gasteiger partial charge in [-0.3, -0.25) is 15.2 Å². The number of nitrogen functional groups attached to an aromatic ring is 1. The van der Waals surface area contributed by atoms with E-state index < -0.39 is 0 Å². The molecule has 0 radical (unpaired) electrons.